The number of anilines is 1. The molecule has 1 saturated heterocycles. The van der Waals surface area contributed by atoms with Crippen LogP contribution in [0.1, 0.15) is 24.0 Å². The molecule has 0 spiro atoms. The van der Waals surface area contributed by atoms with E-state index in [0.29, 0.717) is 29.1 Å². The molecule has 144 valence electrons. The summed E-state index contributed by atoms with van der Waals surface area (Å²) >= 11 is 0. The van der Waals surface area contributed by atoms with Gasteiger partial charge in [0, 0.05) is 30.3 Å². The molecule has 3 heterocycles. The van der Waals surface area contributed by atoms with Crippen LogP contribution in [0.2, 0.25) is 0 Å². The number of piperidine rings is 1. The van der Waals surface area contributed by atoms with Gasteiger partial charge in [-0.1, -0.05) is 24.3 Å². The molecule has 2 aromatic heterocycles. The number of nitrogens with one attached hydrogen (secondary N) is 3. The standard InChI is InChI=1S/C20H23N7O/c21-9-12-3-5-13(6-4-12)16-8-15(19(22)28)17-18(27-16)20(25-11-24-17)26-14-2-1-7-23-10-14/h3-6,8,11,14,23H,1-2,7,9-10,21H2,(H2,22,28)(H,24,25,26)/p-1/t14-/m0/s1. The molecule has 1 aliphatic heterocycles. The van der Waals surface area contributed by atoms with E-state index in [1.165, 1.54) is 6.33 Å². The second kappa shape index (κ2) is 7.87. The number of nitrogens with zero attached hydrogens (tertiary/aromatic N) is 3. The average Bonchev–Trinajstić information content (AvgIpc) is 2.74. The maximum absolute atomic E-state index is 12.0. The molecule has 28 heavy (non-hydrogen) atoms. The van der Waals surface area contributed by atoms with E-state index >= 15 is 0 Å². The van der Waals surface area contributed by atoms with E-state index < -0.39 is 5.90 Å². The monoisotopic (exact) mass is 376 g/mol. The molecular formula is C20H22N7O-. The lowest BCUT2D eigenvalue weighted by atomic mass is 10.0. The van der Waals surface area contributed by atoms with Crippen molar-refractivity contribution in [3.05, 3.63) is 47.8 Å². The molecular weight excluding hydrogens is 354 g/mol. The van der Waals surface area contributed by atoms with Crippen molar-refractivity contribution >= 4 is 22.7 Å². The number of hydrogen-bond donors (Lipinski definition) is 4. The van der Waals surface area contributed by atoms with Gasteiger partial charge in [0.15, 0.2) is 5.82 Å². The zero-order valence-electron chi connectivity index (χ0n) is 15.4. The predicted molar refractivity (Wildman–Crippen MR) is 107 cm³/mol. The maximum Gasteiger partial charge on any atom is 0.156 e. The molecule has 4 rings (SSSR count). The van der Waals surface area contributed by atoms with Gasteiger partial charge in [0.25, 0.3) is 0 Å². The van der Waals surface area contributed by atoms with Crippen molar-refractivity contribution in [3.8, 4) is 11.3 Å². The molecule has 1 aliphatic rings. The van der Waals surface area contributed by atoms with Crippen LogP contribution >= 0.6 is 0 Å². The van der Waals surface area contributed by atoms with Crippen LogP contribution in [0, 0.1) is 5.41 Å². The lowest BCUT2D eigenvalue weighted by Crippen LogP contribution is -2.38. The van der Waals surface area contributed by atoms with E-state index in [-0.39, 0.29) is 11.6 Å². The summed E-state index contributed by atoms with van der Waals surface area (Å²) in [5.74, 6) is -0.210. The van der Waals surface area contributed by atoms with Gasteiger partial charge in [-0.2, -0.15) is 0 Å². The predicted octanol–water partition coefficient (Wildman–Crippen LogP) is 1.00. The molecule has 0 aliphatic carbocycles. The fraction of sp³-hybridized carbons (Fsp3) is 0.300. The van der Waals surface area contributed by atoms with Crippen LogP contribution in [0.4, 0.5) is 5.82 Å². The van der Waals surface area contributed by atoms with Gasteiger partial charge >= 0.3 is 0 Å². The molecule has 0 bridgehead atoms. The Balaban J connectivity index is 1.82. The van der Waals surface area contributed by atoms with Crippen LogP contribution in [0.25, 0.3) is 22.3 Å². The van der Waals surface area contributed by atoms with Crippen LogP contribution in [0.3, 0.4) is 0 Å². The smallest absolute Gasteiger partial charge is 0.156 e. The number of hydrogen-bond acceptors (Lipinski definition) is 8. The molecule has 1 aromatic carbocycles. The van der Waals surface area contributed by atoms with E-state index in [1.807, 2.05) is 24.3 Å². The highest BCUT2D eigenvalue weighted by Crippen LogP contribution is 2.27. The normalized spacial score (nSPS) is 16.8. The van der Waals surface area contributed by atoms with Gasteiger partial charge in [0.2, 0.25) is 0 Å². The summed E-state index contributed by atoms with van der Waals surface area (Å²) in [6.07, 6.45) is 3.52. The van der Waals surface area contributed by atoms with E-state index in [1.54, 1.807) is 6.07 Å². The second-order valence-corrected chi connectivity index (χ2v) is 6.89. The first-order chi connectivity index (χ1) is 13.7. The van der Waals surface area contributed by atoms with Gasteiger partial charge in [-0.05, 0) is 36.9 Å². The first kappa shape index (κ1) is 18.3. The van der Waals surface area contributed by atoms with Crippen molar-refractivity contribution in [1.82, 2.24) is 20.3 Å². The summed E-state index contributed by atoms with van der Waals surface area (Å²) in [6.45, 7) is 2.32. The third-order valence-electron chi connectivity index (χ3n) is 4.96. The molecule has 1 atom stereocenters. The first-order valence-corrected chi connectivity index (χ1v) is 9.34. The summed E-state index contributed by atoms with van der Waals surface area (Å²) in [7, 11) is 0. The summed E-state index contributed by atoms with van der Waals surface area (Å²) in [6, 6.07) is 9.53. The van der Waals surface area contributed by atoms with Crippen LogP contribution < -0.4 is 21.5 Å². The molecule has 5 N–H and O–H groups in total. The molecule has 8 heteroatoms. The lowest BCUT2D eigenvalue weighted by molar-refractivity contribution is -0.214. The van der Waals surface area contributed by atoms with E-state index in [9.17, 15) is 5.11 Å². The molecule has 8 nitrogen and oxygen atoms in total. The number of rotatable bonds is 5. The topological polar surface area (TPSA) is 136 Å². The van der Waals surface area contributed by atoms with Crippen LogP contribution in [-0.4, -0.2) is 40.0 Å². The highest BCUT2D eigenvalue weighted by atomic mass is 16.3. The number of fused-ring (bicyclic) bond motifs is 1. The van der Waals surface area contributed by atoms with Crippen molar-refractivity contribution in [3.63, 3.8) is 0 Å². The largest absolute Gasteiger partial charge is 0.859 e. The van der Waals surface area contributed by atoms with Crippen molar-refractivity contribution in [1.29, 1.82) is 5.41 Å². The zero-order chi connectivity index (χ0) is 19.5. The molecule has 0 amide bonds. The Morgan fingerprint density at radius 1 is 1.25 bits per heavy atom. The van der Waals surface area contributed by atoms with Crippen molar-refractivity contribution < 1.29 is 5.11 Å². The Morgan fingerprint density at radius 2 is 2.07 bits per heavy atom. The van der Waals surface area contributed by atoms with E-state index in [4.69, 9.17) is 16.1 Å². The van der Waals surface area contributed by atoms with Gasteiger partial charge in [-0.3, -0.25) is 0 Å². The summed E-state index contributed by atoms with van der Waals surface area (Å²) in [5, 5.41) is 26.4. The van der Waals surface area contributed by atoms with Gasteiger partial charge in [-0.15, -0.1) is 0 Å². The van der Waals surface area contributed by atoms with E-state index in [2.05, 4.69) is 20.6 Å². The highest BCUT2D eigenvalue weighted by molar-refractivity contribution is 6.04. The Kier molecular flexibility index (Phi) is 5.14. The van der Waals surface area contributed by atoms with Gasteiger partial charge in [-0.25, -0.2) is 15.0 Å². The molecule has 0 unspecified atom stereocenters. The highest BCUT2D eigenvalue weighted by Gasteiger charge is 2.17. The third kappa shape index (κ3) is 3.64. The maximum atomic E-state index is 12.0. The number of aromatic nitrogens is 3. The van der Waals surface area contributed by atoms with Crippen LogP contribution in [-0.2, 0) is 6.54 Å². The van der Waals surface area contributed by atoms with Crippen molar-refractivity contribution in [2.24, 2.45) is 5.73 Å². The number of nitrogens with two attached hydrogens (primary N) is 1. The number of pyridine rings is 1. The number of benzene rings is 1. The van der Waals surface area contributed by atoms with Crippen LogP contribution in [0.15, 0.2) is 36.7 Å². The second-order valence-electron chi connectivity index (χ2n) is 6.89. The quantitative estimate of drug-likeness (QED) is 0.385. The van der Waals surface area contributed by atoms with Gasteiger partial charge in [0.05, 0.1) is 5.69 Å². The minimum absolute atomic E-state index is 0.218. The van der Waals surface area contributed by atoms with Crippen LogP contribution in [0.5, 0.6) is 0 Å². The molecule has 1 fully saturated rings. The average molecular weight is 376 g/mol. The fourth-order valence-electron chi connectivity index (χ4n) is 3.45. The molecule has 3 aromatic rings. The Hall–Kier alpha value is -3.10. The Bertz CT molecular complexity index is 997. The summed E-state index contributed by atoms with van der Waals surface area (Å²) < 4.78 is 0. The Morgan fingerprint density at radius 3 is 2.75 bits per heavy atom. The van der Waals surface area contributed by atoms with E-state index in [0.717, 1.165) is 37.1 Å². The summed E-state index contributed by atoms with van der Waals surface area (Å²) in [5.41, 5.74) is 9.24. The zero-order valence-corrected chi connectivity index (χ0v) is 15.4. The van der Waals surface area contributed by atoms with Crippen molar-refractivity contribution in [2.75, 3.05) is 18.4 Å². The lowest BCUT2D eigenvalue weighted by Gasteiger charge is -2.24. The third-order valence-corrected chi connectivity index (χ3v) is 4.96. The first-order valence-electron chi connectivity index (χ1n) is 9.34. The Labute approximate surface area is 162 Å². The SMILES string of the molecule is N=C([O-])c1cc(-c2ccc(CN)cc2)nc2c(N[C@H]3CCCNC3)ncnc12. The molecule has 0 radical (unpaired) electrons. The minimum Gasteiger partial charge on any atom is -0.859 e. The van der Waals surface area contributed by atoms with Gasteiger partial charge < -0.3 is 26.9 Å². The molecule has 0 saturated carbocycles. The van der Waals surface area contributed by atoms with Crippen molar-refractivity contribution in [2.45, 2.75) is 25.4 Å². The minimum atomic E-state index is -0.795. The van der Waals surface area contributed by atoms with Gasteiger partial charge in [0.1, 0.15) is 17.4 Å². The summed E-state index contributed by atoms with van der Waals surface area (Å²) in [4.78, 5) is 13.3. The fourth-order valence-corrected chi connectivity index (χ4v) is 3.45.